The number of hydrogen-bond donors (Lipinski definition) is 0. The third kappa shape index (κ3) is 3.87. The maximum atomic E-state index is 2.57. The molecule has 23 heavy (non-hydrogen) atoms. The first-order valence-electron chi connectivity index (χ1n) is 8.36. The van der Waals surface area contributed by atoms with Gasteiger partial charge in [-0.3, -0.25) is 0 Å². The maximum Gasteiger partial charge on any atom is 0.101 e. The zero-order valence-electron chi connectivity index (χ0n) is 15.7. The van der Waals surface area contributed by atoms with E-state index in [2.05, 4.69) is 109 Å². The molecule has 0 nitrogen and oxygen atoms in total. The maximum absolute atomic E-state index is 2.57. The lowest BCUT2D eigenvalue weighted by Gasteiger charge is -2.45. The van der Waals surface area contributed by atoms with Crippen molar-refractivity contribution in [2.24, 2.45) is 0 Å². The summed E-state index contributed by atoms with van der Waals surface area (Å²) in [4.78, 5) is 0. The molecule has 0 fully saturated rings. The van der Waals surface area contributed by atoms with Crippen LogP contribution in [0.4, 0.5) is 0 Å². The molecular formula is C21H31P2+. The Hall–Kier alpha value is -0.700. The minimum absolute atomic E-state index is 0.230. The lowest BCUT2D eigenvalue weighted by molar-refractivity contribution is 0.719. The van der Waals surface area contributed by atoms with Crippen molar-refractivity contribution in [2.75, 3.05) is 6.66 Å². The first-order chi connectivity index (χ1) is 10.6. The average molecular weight is 345 g/mol. The third-order valence-corrected chi connectivity index (χ3v) is 17.5. The van der Waals surface area contributed by atoms with Crippen molar-refractivity contribution in [3.63, 3.8) is 0 Å². The van der Waals surface area contributed by atoms with E-state index >= 15 is 0 Å². The van der Waals surface area contributed by atoms with Crippen molar-refractivity contribution in [3.8, 4) is 0 Å². The van der Waals surface area contributed by atoms with Crippen LogP contribution in [0.3, 0.4) is 0 Å². The molecule has 0 aromatic heterocycles. The fraction of sp³-hybridized carbons (Fsp3) is 0.429. The van der Waals surface area contributed by atoms with Crippen molar-refractivity contribution >= 4 is 25.2 Å². The molecule has 2 aromatic rings. The van der Waals surface area contributed by atoms with Crippen LogP contribution in [-0.4, -0.2) is 17.0 Å². The Labute approximate surface area is 144 Å². The van der Waals surface area contributed by atoms with Gasteiger partial charge in [0.25, 0.3) is 0 Å². The van der Waals surface area contributed by atoms with Gasteiger partial charge in [0.05, 0.1) is 21.2 Å². The third-order valence-electron chi connectivity index (χ3n) is 4.19. The van der Waals surface area contributed by atoms with Crippen LogP contribution in [0, 0.1) is 0 Å². The Balaban J connectivity index is 2.77. The van der Waals surface area contributed by atoms with Crippen LogP contribution in [-0.2, 0) is 0 Å². The standard InChI is InChI=1S/C21H31P2/c1-20(2,3)22(21(4,5)6)23(7,18-14-10-8-11-15-18)19-16-12-9-13-17-19/h8-17H,1-7H3/q+1. The summed E-state index contributed by atoms with van der Waals surface area (Å²) >= 11 is 0. The van der Waals surface area contributed by atoms with Crippen molar-refractivity contribution in [1.82, 2.24) is 0 Å². The van der Waals surface area contributed by atoms with E-state index in [0.29, 0.717) is 10.3 Å². The monoisotopic (exact) mass is 345 g/mol. The van der Waals surface area contributed by atoms with Crippen LogP contribution in [0.1, 0.15) is 41.5 Å². The molecule has 0 radical (unpaired) electrons. The van der Waals surface area contributed by atoms with Crippen LogP contribution in [0.2, 0.25) is 0 Å². The van der Waals surface area contributed by atoms with Crippen LogP contribution in [0.5, 0.6) is 0 Å². The molecule has 0 aliphatic heterocycles. The molecule has 0 unspecified atom stereocenters. The quantitative estimate of drug-likeness (QED) is 0.574. The predicted octanol–water partition coefficient (Wildman–Crippen LogP) is 6.28. The van der Waals surface area contributed by atoms with E-state index in [9.17, 15) is 0 Å². The number of benzene rings is 2. The summed E-state index contributed by atoms with van der Waals surface area (Å²) in [7, 11) is -0.230. The van der Waals surface area contributed by atoms with Crippen LogP contribution >= 0.6 is 14.6 Å². The largest absolute Gasteiger partial charge is 0.101 e. The van der Waals surface area contributed by atoms with E-state index in [4.69, 9.17) is 0 Å². The van der Waals surface area contributed by atoms with Crippen LogP contribution in [0.25, 0.3) is 0 Å². The molecule has 2 rings (SSSR count). The average Bonchev–Trinajstić information content (AvgIpc) is 2.46. The normalized spacial score (nSPS) is 13.4. The van der Waals surface area contributed by atoms with Crippen LogP contribution < -0.4 is 10.6 Å². The zero-order valence-corrected chi connectivity index (χ0v) is 17.5. The van der Waals surface area contributed by atoms with Gasteiger partial charge in [-0.05, 0) is 24.3 Å². The van der Waals surface area contributed by atoms with Crippen molar-refractivity contribution < 1.29 is 0 Å². The SMILES string of the molecule is CC(C)(C)P(C(C)(C)C)[P+](C)(c1ccccc1)c1ccccc1. The van der Waals surface area contributed by atoms with Crippen molar-refractivity contribution in [2.45, 2.75) is 51.9 Å². The second kappa shape index (κ2) is 6.66. The summed E-state index contributed by atoms with van der Waals surface area (Å²) in [5.41, 5.74) is 0. The molecule has 0 bridgehead atoms. The molecular weight excluding hydrogens is 314 g/mol. The molecule has 0 spiro atoms. The van der Waals surface area contributed by atoms with E-state index in [1.54, 1.807) is 10.6 Å². The smallest absolute Gasteiger partial charge is 0.0620 e. The van der Waals surface area contributed by atoms with Gasteiger partial charge < -0.3 is 0 Å². The fourth-order valence-electron chi connectivity index (χ4n) is 4.02. The molecule has 0 amide bonds. The van der Waals surface area contributed by atoms with Crippen molar-refractivity contribution in [1.29, 1.82) is 0 Å². The summed E-state index contributed by atoms with van der Waals surface area (Å²) < 4.78 is 0. The summed E-state index contributed by atoms with van der Waals surface area (Å²) in [6.45, 7) is 15.7. The lowest BCUT2D eigenvalue weighted by atomic mass is 10.2. The molecule has 0 aliphatic rings. The van der Waals surface area contributed by atoms with E-state index < -0.39 is 6.95 Å². The Morgan fingerprint density at radius 1 is 0.609 bits per heavy atom. The molecule has 0 aliphatic carbocycles. The summed E-state index contributed by atoms with van der Waals surface area (Å²) in [6, 6.07) is 22.5. The molecule has 0 atom stereocenters. The summed E-state index contributed by atoms with van der Waals surface area (Å²) in [5.74, 6) is 0. The van der Waals surface area contributed by atoms with Gasteiger partial charge in [0.1, 0.15) is 10.6 Å². The highest BCUT2D eigenvalue weighted by atomic mass is 32.1. The molecule has 0 saturated heterocycles. The summed E-state index contributed by atoms with van der Waals surface area (Å²) in [5, 5.41) is 3.70. The topological polar surface area (TPSA) is 0 Å². The highest BCUT2D eigenvalue weighted by molar-refractivity contribution is 8.45. The number of rotatable bonds is 3. The minimum Gasteiger partial charge on any atom is -0.0620 e. The second-order valence-electron chi connectivity index (χ2n) is 8.28. The van der Waals surface area contributed by atoms with Gasteiger partial charge in [-0.2, -0.15) is 0 Å². The van der Waals surface area contributed by atoms with Gasteiger partial charge in [-0.15, -0.1) is 0 Å². The van der Waals surface area contributed by atoms with E-state index in [0.717, 1.165) is 0 Å². The van der Waals surface area contributed by atoms with E-state index in [1.807, 2.05) is 0 Å². The second-order valence-corrected chi connectivity index (χ2v) is 18.1. The lowest BCUT2D eigenvalue weighted by Crippen LogP contribution is -2.33. The highest BCUT2D eigenvalue weighted by Crippen LogP contribution is 2.88. The van der Waals surface area contributed by atoms with Gasteiger partial charge in [0.2, 0.25) is 0 Å². The fourth-order valence-corrected chi connectivity index (χ4v) is 20.1. The minimum atomic E-state index is -1.46. The Bertz CT molecular complexity index is 565. The predicted molar refractivity (Wildman–Crippen MR) is 111 cm³/mol. The van der Waals surface area contributed by atoms with Gasteiger partial charge in [-0.25, -0.2) is 0 Å². The molecule has 2 aromatic carbocycles. The van der Waals surface area contributed by atoms with Gasteiger partial charge in [0, 0.05) is 10.3 Å². The van der Waals surface area contributed by atoms with Gasteiger partial charge in [-0.1, -0.05) is 77.9 Å². The highest BCUT2D eigenvalue weighted by Gasteiger charge is 2.56. The Morgan fingerprint density at radius 2 is 0.913 bits per heavy atom. The first-order valence-corrected chi connectivity index (χ1v) is 12.6. The van der Waals surface area contributed by atoms with E-state index in [1.165, 1.54) is 0 Å². The molecule has 2 heteroatoms. The molecule has 124 valence electrons. The van der Waals surface area contributed by atoms with E-state index in [-0.39, 0.29) is 7.61 Å². The van der Waals surface area contributed by atoms with Gasteiger partial charge >= 0.3 is 0 Å². The molecule has 0 N–H and O–H groups in total. The van der Waals surface area contributed by atoms with Gasteiger partial charge in [0.15, 0.2) is 0 Å². The number of hydrogen-bond acceptors (Lipinski definition) is 0. The molecule has 0 saturated carbocycles. The molecule has 0 heterocycles. The van der Waals surface area contributed by atoms with Crippen LogP contribution in [0.15, 0.2) is 60.7 Å². The first kappa shape index (κ1) is 18.6. The Morgan fingerprint density at radius 3 is 1.17 bits per heavy atom. The Kier molecular flexibility index (Phi) is 5.40. The summed E-state index contributed by atoms with van der Waals surface area (Å²) in [6.07, 6.45) is 0. The zero-order chi connectivity index (χ0) is 17.3. The van der Waals surface area contributed by atoms with Crippen molar-refractivity contribution in [3.05, 3.63) is 60.7 Å².